The molecule has 2 heterocycles. The first-order valence-electron chi connectivity index (χ1n) is 7.80. The number of ether oxygens (including phenoxy) is 2. The second-order valence-electron chi connectivity index (χ2n) is 6.21. The molecule has 0 aromatic heterocycles. The molecule has 0 saturated carbocycles. The third kappa shape index (κ3) is 4.82. The molecule has 2 aliphatic heterocycles. The fourth-order valence-corrected chi connectivity index (χ4v) is 3.83. The van der Waals surface area contributed by atoms with E-state index in [0.717, 1.165) is 19.3 Å². The summed E-state index contributed by atoms with van der Waals surface area (Å²) in [7, 11) is -3.06. The van der Waals surface area contributed by atoms with Gasteiger partial charge >= 0.3 is 6.03 Å². The predicted molar refractivity (Wildman–Crippen MR) is 82.4 cm³/mol. The first kappa shape index (κ1) is 17.5. The van der Waals surface area contributed by atoms with Crippen molar-refractivity contribution in [2.75, 3.05) is 39.1 Å². The van der Waals surface area contributed by atoms with Crippen molar-refractivity contribution >= 4 is 15.9 Å². The highest BCUT2D eigenvalue weighted by Gasteiger charge is 2.32. The van der Waals surface area contributed by atoms with E-state index in [1.807, 2.05) is 6.92 Å². The number of carbonyl (C=O) groups excluding carboxylic acids is 1. The van der Waals surface area contributed by atoms with Gasteiger partial charge in [-0.15, -0.1) is 0 Å². The van der Waals surface area contributed by atoms with Crippen LogP contribution in [0.4, 0.5) is 4.79 Å². The van der Waals surface area contributed by atoms with Gasteiger partial charge in [0.05, 0.1) is 18.5 Å². The van der Waals surface area contributed by atoms with E-state index in [1.165, 1.54) is 6.26 Å². The topological polar surface area (TPSA) is 84.9 Å². The normalized spacial score (nSPS) is 24.6. The molecule has 1 N–H and O–H groups in total. The molecule has 1 atom stereocenters. The smallest absolute Gasteiger partial charge is 0.317 e. The minimum atomic E-state index is -3.06. The van der Waals surface area contributed by atoms with Crippen LogP contribution < -0.4 is 5.32 Å². The molecule has 7 nitrogen and oxygen atoms in total. The van der Waals surface area contributed by atoms with Gasteiger partial charge in [0, 0.05) is 32.3 Å². The lowest BCUT2D eigenvalue weighted by Gasteiger charge is -2.22. The maximum absolute atomic E-state index is 12.0. The second-order valence-corrected chi connectivity index (χ2v) is 8.53. The van der Waals surface area contributed by atoms with Crippen LogP contribution in [0.5, 0.6) is 0 Å². The average Bonchev–Trinajstić information content (AvgIpc) is 3.06. The van der Waals surface area contributed by atoms with Crippen molar-refractivity contribution in [1.82, 2.24) is 10.2 Å². The van der Waals surface area contributed by atoms with Crippen LogP contribution in [0.2, 0.25) is 0 Å². The van der Waals surface area contributed by atoms with Crippen molar-refractivity contribution in [3.8, 4) is 0 Å². The fourth-order valence-electron chi connectivity index (χ4n) is 2.84. The number of sulfone groups is 1. The number of carbonyl (C=O) groups is 1. The minimum absolute atomic E-state index is 0.175. The van der Waals surface area contributed by atoms with Crippen molar-refractivity contribution in [3.63, 3.8) is 0 Å². The van der Waals surface area contributed by atoms with Crippen molar-refractivity contribution < 1.29 is 22.7 Å². The number of amides is 2. The van der Waals surface area contributed by atoms with Crippen LogP contribution in [0.25, 0.3) is 0 Å². The summed E-state index contributed by atoms with van der Waals surface area (Å²) in [4.78, 5) is 13.6. The zero-order valence-electron chi connectivity index (χ0n) is 13.3. The second kappa shape index (κ2) is 7.14. The minimum Gasteiger partial charge on any atom is -0.348 e. The van der Waals surface area contributed by atoms with E-state index in [2.05, 4.69) is 5.32 Å². The molecule has 128 valence electrons. The number of hydrogen-bond acceptors (Lipinski definition) is 5. The summed E-state index contributed by atoms with van der Waals surface area (Å²) in [6.07, 6.45) is 4.31. The van der Waals surface area contributed by atoms with E-state index in [9.17, 15) is 13.2 Å². The zero-order valence-corrected chi connectivity index (χ0v) is 14.2. The van der Waals surface area contributed by atoms with E-state index in [-0.39, 0.29) is 6.03 Å². The maximum Gasteiger partial charge on any atom is 0.317 e. The molecular weight excluding hydrogens is 308 g/mol. The van der Waals surface area contributed by atoms with Gasteiger partial charge in [-0.25, -0.2) is 13.2 Å². The number of rotatable bonds is 6. The molecule has 2 amide bonds. The molecule has 0 aromatic rings. The Morgan fingerprint density at radius 2 is 2.00 bits per heavy atom. The summed E-state index contributed by atoms with van der Waals surface area (Å²) in [5.41, 5.74) is 0. The van der Waals surface area contributed by atoms with Crippen LogP contribution in [-0.2, 0) is 19.3 Å². The average molecular weight is 334 g/mol. The predicted octanol–water partition coefficient (Wildman–Crippen LogP) is 0.748. The number of unbranched alkanes of at least 4 members (excludes halogenated alkanes) is 1. The van der Waals surface area contributed by atoms with Crippen LogP contribution in [0.15, 0.2) is 0 Å². The van der Waals surface area contributed by atoms with Crippen LogP contribution in [0.1, 0.15) is 32.6 Å². The van der Waals surface area contributed by atoms with Gasteiger partial charge in [0.25, 0.3) is 0 Å². The largest absolute Gasteiger partial charge is 0.348 e. The zero-order chi connectivity index (χ0) is 16.2. The molecule has 0 bridgehead atoms. The highest BCUT2D eigenvalue weighted by atomic mass is 32.2. The molecular formula is C14H26N2O5S. The summed E-state index contributed by atoms with van der Waals surface area (Å²) in [5, 5.41) is 2.42. The Kier molecular flexibility index (Phi) is 5.68. The monoisotopic (exact) mass is 334 g/mol. The molecule has 2 aliphatic rings. The van der Waals surface area contributed by atoms with Crippen molar-refractivity contribution in [3.05, 3.63) is 0 Å². The third-order valence-electron chi connectivity index (χ3n) is 4.27. The molecule has 8 heteroatoms. The summed E-state index contributed by atoms with van der Waals surface area (Å²) in [5.74, 6) is -0.471. The Labute approximate surface area is 132 Å². The Hall–Kier alpha value is -0.860. The van der Waals surface area contributed by atoms with Gasteiger partial charge in [-0.3, -0.25) is 0 Å². The van der Waals surface area contributed by atoms with Gasteiger partial charge in [0.2, 0.25) is 0 Å². The molecule has 0 radical (unpaired) electrons. The summed E-state index contributed by atoms with van der Waals surface area (Å²) >= 11 is 0. The van der Waals surface area contributed by atoms with E-state index in [1.54, 1.807) is 4.90 Å². The number of urea groups is 1. The molecule has 2 fully saturated rings. The Bertz CT molecular complexity index is 487. The van der Waals surface area contributed by atoms with Crippen LogP contribution in [0.3, 0.4) is 0 Å². The molecule has 0 aromatic carbocycles. The van der Waals surface area contributed by atoms with E-state index < -0.39 is 20.9 Å². The first-order valence-corrected chi connectivity index (χ1v) is 9.75. The lowest BCUT2D eigenvalue weighted by atomic mass is 10.1. The Morgan fingerprint density at radius 1 is 1.32 bits per heavy atom. The number of nitrogens with zero attached hydrogens (tertiary/aromatic N) is 1. The molecule has 0 aliphatic carbocycles. The summed E-state index contributed by atoms with van der Waals surface area (Å²) in [6, 6.07) is -0.175. The SMILES string of the molecule is CC1(CCCCNC(=O)N2CC[C@@H](S(C)(=O)=O)C2)OCCO1. The summed E-state index contributed by atoms with van der Waals surface area (Å²) < 4.78 is 34.0. The lowest BCUT2D eigenvalue weighted by molar-refractivity contribution is -0.147. The van der Waals surface area contributed by atoms with Gasteiger partial charge in [0.1, 0.15) is 0 Å². The van der Waals surface area contributed by atoms with E-state index in [4.69, 9.17) is 9.47 Å². The van der Waals surface area contributed by atoms with E-state index >= 15 is 0 Å². The van der Waals surface area contributed by atoms with Crippen molar-refractivity contribution in [2.24, 2.45) is 0 Å². The standard InChI is InChI=1S/C14H26N2O5S/c1-14(20-9-10-21-14)6-3-4-7-15-13(17)16-8-5-12(11-16)22(2,18)19/h12H,3-11H2,1-2H3,(H,15,17)/t12-/m1/s1. The number of hydrogen-bond donors (Lipinski definition) is 1. The van der Waals surface area contributed by atoms with Gasteiger partial charge in [0.15, 0.2) is 15.6 Å². The Balaban J connectivity index is 1.60. The van der Waals surface area contributed by atoms with Gasteiger partial charge in [-0.1, -0.05) is 0 Å². The van der Waals surface area contributed by atoms with Crippen LogP contribution >= 0.6 is 0 Å². The third-order valence-corrected chi connectivity index (χ3v) is 5.87. The van der Waals surface area contributed by atoms with Crippen LogP contribution in [0, 0.1) is 0 Å². The van der Waals surface area contributed by atoms with Gasteiger partial charge < -0.3 is 19.7 Å². The highest BCUT2D eigenvalue weighted by Crippen LogP contribution is 2.24. The Morgan fingerprint density at radius 3 is 2.59 bits per heavy atom. The fraction of sp³-hybridized carbons (Fsp3) is 0.929. The summed E-state index contributed by atoms with van der Waals surface area (Å²) in [6.45, 7) is 4.60. The lowest BCUT2D eigenvalue weighted by Crippen LogP contribution is -2.40. The molecule has 0 spiro atoms. The number of likely N-dealkylation sites (tertiary alicyclic amines) is 1. The number of nitrogens with one attached hydrogen (secondary N) is 1. The van der Waals surface area contributed by atoms with Crippen molar-refractivity contribution in [1.29, 1.82) is 0 Å². The molecule has 0 unspecified atom stereocenters. The highest BCUT2D eigenvalue weighted by molar-refractivity contribution is 7.91. The molecule has 22 heavy (non-hydrogen) atoms. The van der Waals surface area contributed by atoms with Gasteiger partial charge in [-0.05, 0) is 26.2 Å². The maximum atomic E-state index is 12.0. The van der Waals surface area contributed by atoms with Crippen LogP contribution in [-0.4, -0.2) is 69.5 Å². The van der Waals surface area contributed by atoms with Crippen molar-refractivity contribution in [2.45, 2.75) is 43.6 Å². The molecule has 2 rings (SSSR count). The first-order chi connectivity index (χ1) is 10.3. The molecule has 2 saturated heterocycles. The quantitative estimate of drug-likeness (QED) is 0.725. The van der Waals surface area contributed by atoms with Gasteiger partial charge in [-0.2, -0.15) is 0 Å². The van der Waals surface area contributed by atoms with E-state index in [0.29, 0.717) is 39.3 Å².